The van der Waals surface area contributed by atoms with E-state index in [4.69, 9.17) is 26.8 Å². The van der Waals surface area contributed by atoms with Crippen LogP contribution < -0.4 is 20.5 Å². The molecule has 0 aliphatic carbocycles. The Balaban J connectivity index is 1.98. The number of nitriles is 1. The van der Waals surface area contributed by atoms with Gasteiger partial charge in [0.1, 0.15) is 6.07 Å². The minimum Gasteiger partial charge on any atom is -0.493 e. The van der Waals surface area contributed by atoms with Crippen molar-refractivity contribution in [2.45, 2.75) is 20.0 Å². The van der Waals surface area contributed by atoms with E-state index in [2.05, 4.69) is 26.3 Å². The Morgan fingerprint density at radius 1 is 1.19 bits per heavy atom. The molecular formula is C22H21ClN6O2. The van der Waals surface area contributed by atoms with Gasteiger partial charge in [-0.3, -0.25) is 0 Å². The Morgan fingerprint density at radius 3 is 2.58 bits per heavy atom. The van der Waals surface area contributed by atoms with Crippen LogP contribution in [0.1, 0.15) is 25.2 Å². The average Bonchev–Trinajstić information content (AvgIpc) is 2.73. The van der Waals surface area contributed by atoms with E-state index in [0.29, 0.717) is 22.1 Å². The first kappa shape index (κ1) is 21.9. The summed E-state index contributed by atoms with van der Waals surface area (Å²) >= 11 is 6.38. The Morgan fingerprint density at radius 2 is 1.94 bits per heavy atom. The average molecular weight is 437 g/mol. The summed E-state index contributed by atoms with van der Waals surface area (Å²) in [5.74, 6) is 1.23. The van der Waals surface area contributed by atoms with Crippen LogP contribution in [-0.4, -0.2) is 28.2 Å². The second kappa shape index (κ2) is 9.78. The molecule has 0 saturated carbocycles. The standard InChI is InChI=1S/C22H21ClN6O2/c1-13(2)31-19-17(23)10-14(11-18(19)30-3)9-15(12-24)20-27-21(25)29-22(28-20)26-16-7-5-4-6-8-16/h4-11,13H,1-3H3,(H3,25,26,27,28,29)/b15-9+. The van der Waals surface area contributed by atoms with Crippen LogP contribution in [0.4, 0.5) is 17.6 Å². The van der Waals surface area contributed by atoms with Crippen molar-refractivity contribution in [3.8, 4) is 17.6 Å². The van der Waals surface area contributed by atoms with Gasteiger partial charge in [0, 0.05) is 5.69 Å². The molecule has 1 aromatic heterocycles. The number of hydrogen-bond acceptors (Lipinski definition) is 8. The molecule has 0 unspecified atom stereocenters. The van der Waals surface area contributed by atoms with Crippen molar-refractivity contribution in [2.24, 2.45) is 0 Å². The fourth-order valence-electron chi connectivity index (χ4n) is 2.71. The lowest BCUT2D eigenvalue weighted by Gasteiger charge is -2.15. The fraction of sp³-hybridized carbons (Fsp3) is 0.182. The van der Waals surface area contributed by atoms with Gasteiger partial charge in [0.15, 0.2) is 17.3 Å². The molecule has 0 aliphatic heterocycles. The second-order valence-corrected chi connectivity index (χ2v) is 7.11. The largest absolute Gasteiger partial charge is 0.493 e. The van der Waals surface area contributed by atoms with Crippen molar-refractivity contribution in [3.05, 3.63) is 58.9 Å². The minimum atomic E-state index is -0.0776. The van der Waals surface area contributed by atoms with E-state index in [0.717, 1.165) is 5.69 Å². The molecule has 0 radical (unpaired) electrons. The number of benzene rings is 2. The molecule has 31 heavy (non-hydrogen) atoms. The molecule has 3 aromatic rings. The van der Waals surface area contributed by atoms with Crippen molar-refractivity contribution < 1.29 is 9.47 Å². The van der Waals surface area contributed by atoms with Crippen LogP contribution in [0.5, 0.6) is 11.5 Å². The molecule has 0 saturated heterocycles. The predicted molar refractivity (Wildman–Crippen MR) is 121 cm³/mol. The molecule has 2 aromatic carbocycles. The van der Waals surface area contributed by atoms with Crippen molar-refractivity contribution >= 4 is 40.8 Å². The molecule has 0 atom stereocenters. The Bertz CT molecular complexity index is 1140. The highest BCUT2D eigenvalue weighted by molar-refractivity contribution is 6.32. The lowest BCUT2D eigenvalue weighted by atomic mass is 10.1. The molecular weight excluding hydrogens is 416 g/mol. The van der Waals surface area contributed by atoms with Gasteiger partial charge in [-0.2, -0.15) is 20.2 Å². The third kappa shape index (κ3) is 5.62. The number of allylic oxidation sites excluding steroid dienone is 1. The molecule has 0 fully saturated rings. The van der Waals surface area contributed by atoms with E-state index >= 15 is 0 Å². The van der Waals surface area contributed by atoms with Gasteiger partial charge < -0.3 is 20.5 Å². The van der Waals surface area contributed by atoms with Gasteiger partial charge in [0.25, 0.3) is 0 Å². The number of nitrogen functional groups attached to an aromatic ring is 1. The number of halogens is 1. The summed E-state index contributed by atoms with van der Waals surface area (Å²) in [4.78, 5) is 12.5. The SMILES string of the molecule is COc1cc(/C=C(\C#N)c2nc(N)nc(Nc3ccccc3)n2)cc(Cl)c1OC(C)C. The Kier molecular flexibility index (Phi) is 6.90. The number of para-hydroxylation sites is 1. The fourth-order valence-corrected chi connectivity index (χ4v) is 2.97. The van der Waals surface area contributed by atoms with Crippen LogP contribution in [0.3, 0.4) is 0 Å². The van der Waals surface area contributed by atoms with Gasteiger partial charge in [0.05, 0.1) is 23.8 Å². The maximum Gasteiger partial charge on any atom is 0.232 e. The summed E-state index contributed by atoms with van der Waals surface area (Å²) in [6.45, 7) is 3.78. The predicted octanol–water partition coefficient (Wildman–Crippen LogP) is 4.71. The van der Waals surface area contributed by atoms with Gasteiger partial charge >= 0.3 is 0 Å². The summed E-state index contributed by atoms with van der Waals surface area (Å²) in [6, 6.07) is 14.8. The van der Waals surface area contributed by atoms with Crippen LogP contribution in [0.15, 0.2) is 42.5 Å². The number of nitrogens with zero attached hydrogens (tertiary/aromatic N) is 4. The quantitative estimate of drug-likeness (QED) is 0.511. The minimum absolute atomic E-state index is 0.0131. The first-order chi connectivity index (χ1) is 14.9. The lowest BCUT2D eigenvalue weighted by molar-refractivity contribution is 0.230. The number of ether oxygens (including phenoxy) is 2. The van der Waals surface area contributed by atoms with E-state index in [-0.39, 0.29) is 29.4 Å². The zero-order chi connectivity index (χ0) is 22.4. The van der Waals surface area contributed by atoms with Crippen LogP contribution in [0.2, 0.25) is 5.02 Å². The number of anilines is 3. The molecule has 3 N–H and O–H groups in total. The molecule has 0 spiro atoms. The van der Waals surface area contributed by atoms with E-state index in [1.54, 1.807) is 18.2 Å². The number of hydrogen-bond donors (Lipinski definition) is 2. The number of aromatic nitrogens is 3. The maximum absolute atomic E-state index is 9.71. The molecule has 9 heteroatoms. The summed E-state index contributed by atoms with van der Waals surface area (Å²) < 4.78 is 11.1. The molecule has 8 nitrogen and oxygen atoms in total. The van der Waals surface area contributed by atoms with Gasteiger partial charge in [0.2, 0.25) is 11.9 Å². The molecule has 1 heterocycles. The Hall–Kier alpha value is -3.83. The number of rotatable bonds is 7. The van der Waals surface area contributed by atoms with Crippen molar-refractivity contribution in [1.82, 2.24) is 15.0 Å². The van der Waals surface area contributed by atoms with Gasteiger partial charge in [-0.25, -0.2) is 0 Å². The lowest BCUT2D eigenvalue weighted by Crippen LogP contribution is -2.07. The highest BCUT2D eigenvalue weighted by Crippen LogP contribution is 2.38. The third-order valence-electron chi connectivity index (χ3n) is 3.96. The summed E-state index contributed by atoms with van der Waals surface area (Å²) in [7, 11) is 1.52. The van der Waals surface area contributed by atoms with Gasteiger partial charge in [-0.1, -0.05) is 29.8 Å². The van der Waals surface area contributed by atoms with Gasteiger partial charge in [-0.05, 0) is 49.8 Å². The topological polar surface area (TPSA) is 119 Å². The molecule has 3 rings (SSSR count). The normalized spacial score (nSPS) is 11.2. The maximum atomic E-state index is 9.71. The molecule has 0 amide bonds. The highest BCUT2D eigenvalue weighted by atomic mass is 35.5. The van der Waals surface area contributed by atoms with Crippen LogP contribution in [0, 0.1) is 11.3 Å². The Labute approximate surface area is 185 Å². The first-order valence-corrected chi connectivity index (χ1v) is 9.77. The number of nitrogens with one attached hydrogen (secondary N) is 1. The second-order valence-electron chi connectivity index (χ2n) is 6.70. The number of nitrogens with two attached hydrogens (primary N) is 1. The van der Waals surface area contributed by atoms with Crippen LogP contribution >= 0.6 is 11.6 Å². The zero-order valence-electron chi connectivity index (χ0n) is 17.3. The number of methoxy groups -OCH3 is 1. The molecule has 0 bridgehead atoms. The van der Waals surface area contributed by atoms with Crippen molar-refractivity contribution in [1.29, 1.82) is 5.26 Å². The van der Waals surface area contributed by atoms with E-state index in [1.807, 2.05) is 44.2 Å². The van der Waals surface area contributed by atoms with Crippen molar-refractivity contribution in [3.63, 3.8) is 0 Å². The summed E-state index contributed by atoms with van der Waals surface area (Å²) in [6.07, 6.45) is 1.51. The third-order valence-corrected chi connectivity index (χ3v) is 4.24. The summed E-state index contributed by atoms with van der Waals surface area (Å²) in [5, 5.41) is 13.1. The monoisotopic (exact) mass is 436 g/mol. The van der Waals surface area contributed by atoms with Gasteiger partial charge in [-0.15, -0.1) is 0 Å². The zero-order valence-corrected chi connectivity index (χ0v) is 18.0. The summed E-state index contributed by atoms with van der Waals surface area (Å²) in [5.41, 5.74) is 7.41. The smallest absolute Gasteiger partial charge is 0.232 e. The van der Waals surface area contributed by atoms with E-state index in [1.165, 1.54) is 7.11 Å². The van der Waals surface area contributed by atoms with E-state index in [9.17, 15) is 5.26 Å². The van der Waals surface area contributed by atoms with E-state index < -0.39 is 0 Å². The van der Waals surface area contributed by atoms with Crippen molar-refractivity contribution in [2.75, 3.05) is 18.2 Å². The highest BCUT2D eigenvalue weighted by Gasteiger charge is 2.15. The molecule has 0 aliphatic rings. The first-order valence-electron chi connectivity index (χ1n) is 9.39. The molecule has 158 valence electrons. The van der Waals surface area contributed by atoms with Crippen LogP contribution in [0.25, 0.3) is 11.6 Å². The van der Waals surface area contributed by atoms with Crippen LogP contribution in [-0.2, 0) is 0 Å².